The Morgan fingerprint density at radius 2 is 2.21 bits per heavy atom. The highest BCUT2D eigenvalue weighted by atomic mass is 35.5. The first-order valence-corrected chi connectivity index (χ1v) is 8.11. The highest BCUT2D eigenvalue weighted by Crippen LogP contribution is 2.36. The van der Waals surface area contributed by atoms with Gasteiger partial charge in [-0.25, -0.2) is 0 Å². The van der Waals surface area contributed by atoms with E-state index in [1.807, 2.05) is 0 Å². The molecule has 2 amide bonds. The Morgan fingerprint density at radius 3 is 2.83 bits per heavy atom. The van der Waals surface area contributed by atoms with Crippen molar-refractivity contribution in [3.05, 3.63) is 22.7 Å². The van der Waals surface area contributed by atoms with Crippen molar-refractivity contribution in [3.63, 3.8) is 0 Å². The molecule has 0 aromatic heterocycles. The minimum absolute atomic E-state index is 0.115. The van der Waals surface area contributed by atoms with Crippen molar-refractivity contribution in [2.75, 3.05) is 20.3 Å². The van der Waals surface area contributed by atoms with E-state index in [-0.39, 0.29) is 35.1 Å². The number of carbonyl (C=O) groups is 2. The minimum Gasteiger partial charge on any atom is -0.493 e. The molecular weight excluding hydrogens is 334 g/mol. The van der Waals surface area contributed by atoms with Crippen molar-refractivity contribution in [3.8, 4) is 11.5 Å². The number of hydrogen-bond donors (Lipinski definition) is 3. The highest BCUT2D eigenvalue weighted by Gasteiger charge is 2.22. The molecule has 1 heterocycles. The molecule has 1 aliphatic rings. The average Bonchev–Trinajstić information content (AvgIpc) is 2.52. The summed E-state index contributed by atoms with van der Waals surface area (Å²) >= 11 is 6.16. The molecule has 0 spiro atoms. The molecule has 2 unspecified atom stereocenters. The largest absolute Gasteiger partial charge is 0.493 e. The van der Waals surface area contributed by atoms with Crippen LogP contribution in [-0.2, 0) is 4.79 Å². The lowest BCUT2D eigenvalue weighted by atomic mass is 10.00. The van der Waals surface area contributed by atoms with Crippen molar-refractivity contribution >= 4 is 23.4 Å². The molecule has 1 aromatic carbocycles. The number of halogens is 1. The van der Waals surface area contributed by atoms with E-state index in [2.05, 4.69) is 17.6 Å². The van der Waals surface area contributed by atoms with Crippen molar-refractivity contribution in [2.45, 2.75) is 31.8 Å². The smallest absolute Gasteiger partial charge is 0.255 e. The number of primary amides is 1. The maximum Gasteiger partial charge on any atom is 0.255 e. The van der Waals surface area contributed by atoms with Crippen LogP contribution in [-0.4, -0.2) is 44.2 Å². The zero-order valence-corrected chi connectivity index (χ0v) is 14.5. The Morgan fingerprint density at radius 1 is 1.46 bits per heavy atom. The van der Waals surface area contributed by atoms with Crippen LogP contribution in [0.15, 0.2) is 12.1 Å². The van der Waals surface area contributed by atoms with Crippen LogP contribution in [0, 0.1) is 0 Å². The molecule has 24 heavy (non-hydrogen) atoms. The number of nitrogens with two attached hydrogens (primary N) is 1. The summed E-state index contributed by atoms with van der Waals surface area (Å²) in [4.78, 5) is 23.3. The van der Waals surface area contributed by atoms with Gasteiger partial charge in [0, 0.05) is 17.6 Å². The number of methoxy groups -OCH3 is 1. The second kappa shape index (κ2) is 8.21. The summed E-state index contributed by atoms with van der Waals surface area (Å²) in [7, 11) is 1.43. The molecule has 2 atom stereocenters. The van der Waals surface area contributed by atoms with Crippen LogP contribution in [0.1, 0.15) is 30.1 Å². The fraction of sp³-hybridized carbons (Fsp3) is 0.500. The van der Waals surface area contributed by atoms with Gasteiger partial charge in [0.15, 0.2) is 18.1 Å². The summed E-state index contributed by atoms with van der Waals surface area (Å²) in [6, 6.07) is 3.50. The molecule has 0 bridgehead atoms. The highest BCUT2D eigenvalue weighted by molar-refractivity contribution is 6.32. The van der Waals surface area contributed by atoms with Gasteiger partial charge in [-0.1, -0.05) is 11.6 Å². The van der Waals surface area contributed by atoms with Crippen LogP contribution < -0.4 is 25.8 Å². The molecular formula is C16H22ClN3O4. The van der Waals surface area contributed by atoms with E-state index < -0.39 is 5.91 Å². The van der Waals surface area contributed by atoms with Crippen molar-refractivity contribution in [1.82, 2.24) is 10.6 Å². The lowest BCUT2D eigenvalue weighted by molar-refractivity contribution is -0.119. The van der Waals surface area contributed by atoms with Gasteiger partial charge < -0.3 is 25.8 Å². The van der Waals surface area contributed by atoms with Gasteiger partial charge in [0.05, 0.1) is 12.1 Å². The third-order valence-corrected chi connectivity index (χ3v) is 4.09. The maximum atomic E-state index is 12.5. The number of carbonyl (C=O) groups excluding carboxylic acids is 2. The number of benzene rings is 1. The van der Waals surface area contributed by atoms with Gasteiger partial charge in [0.2, 0.25) is 0 Å². The molecule has 132 valence electrons. The van der Waals surface area contributed by atoms with Crippen LogP contribution in [0.3, 0.4) is 0 Å². The predicted octanol–water partition coefficient (Wildman–Crippen LogP) is 1.08. The summed E-state index contributed by atoms with van der Waals surface area (Å²) < 4.78 is 10.5. The molecule has 1 saturated heterocycles. The van der Waals surface area contributed by atoms with Crippen molar-refractivity contribution in [1.29, 1.82) is 0 Å². The molecule has 1 fully saturated rings. The summed E-state index contributed by atoms with van der Waals surface area (Å²) in [5.41, 5.74) is 5.43. The summed E-state index contributed by atoms with van der Waals surface area (Å²) in [5, 5.41) is 6.52. The van der Waals surface area contributed by atoms with Gasteiger partial charge >= 0.3 is 0 Å². The lowest BCUT2D eigenvalue weighted by Crippen LogP contribution is -2.46. The standard InChI is InChI=1S/C16H22ClN3O4/c1-9-5-11(3-4-19-9)20-16(22)10-6-12(17)15(13(7-10)23-2)24-8-14(18)21/h6-7,9,11,19H,3-5,8H2,1-2H3,(H2,18,21)(H,20,22). The van der Waals surface area contributed by atoms with Gasteiger partial charge in [0.1, 0.15) is 0 Å². The predicted molar refractivity (Wildman–Crippen MR) is 90.6 cm³/mol. The van der Waals surface area contributed by atoms with Crippen LogP contribution >= 0.6 is 11.6 Å². The van der Waals surface area contributed by atoms with E-state index in [1.54, 1.807) is 0 Å². The summed E-state index contributed by atoms with van der Waals surface area (Å²) in [6.07, 6.45) is 1.75. The molecule has 7 nitrogen and oxygen atoms in total. The van der Waals surface area contributed by atoms with Gasteiger partial charge in [0.25, 0.3) is 11.8 Å². The minimum atomic E-state index is -0.630. The molecule has 2 rings (SSSR count). The second-order valence-electron chi connectivity index (χ2n) is 5.79. The topological polar surface area (TPSA) is 103 Å². The van der Waals surface area contributed by atoms with Crippen molar-refractivity contribution in [2.24, 2.45) is 5.73 Å². The molecule has 4 N–H and O–H groups in total. The monoisotopic (exact) mass is 355 g/mol. The van der Waals surface area contributed by atoms with Gasteiger partial charge in [-0.2, -0.15) is 0 Å². The molecule has 0 aliphatic carbocycles. The Balaban J connectivity index is 2.13. The number of ether oxygens (including phenoxy) is 2. The van der Waals surface area contributed by atoms with E-state index in [1.165, 1.54) is 19.2 Å². The number of hydrogen-bond acceptors (Lipinski definition) is 5. The van der Waals surface area contributed by atoms with Gasteiger partial charge in [-0.3, -0.25) is 9.59 Å². The zero-order valence-electron chi connectivity index (χ0n) is 13.7. The molecule has 0 saturated carbocycles. The number of rotatable bonds is 6. The Kier molecular flexibility index (Phi) is 6.28. The normalized spacial score (nSPS) is 20.3. The van der Waals surface area contributed by atoms with Crippen LogP contribution in [0.5, 0.6) is 11.5 Å². The average molecular weight is 356 g/mol. The third-order valence-electron chi connectivity index (χ3n) is 3.81. The first-order chi connectivity index (χ1) is 11.4. The molecule has 1 aromatic rings. The van der Waals surface area contributed by atoms with Gasteiger partial charge in [-0.05, 0) is 38.4 Å². The van der Waals surface area contributed by atoms with Crippen LogP contribution in [0.25, 0.3) is 0 Å². The fourth-order valence-corrected chi connectivity index (χ4v) is 2.93. The first-order valence-electron chi connectivity index (χ1n) is 7.73. The molecule has 1 aliphatic heterocycles. The Bertz CT molecular complexity index is 624. The SMILES string of the molecule is COc1cc(C(=O)NC2CCNC(C)C2)cc(Cl)c1OCC(N)=O. The quantitative estimate of drug-likeness (QED) is 0.708. The Labute approximate surface area is 145 Å². The number of piperidine rings is 1. The van der Waals surface area contributed by atoms with Crippen molar-refractivity contribution < 1.29 is 19.1 Å². The number of nitrogens with one attached hydrogen (secondary N) is 2. The van der Waals surface area contributed by atoms with Crippen LogP contribution in [0.2, 0.25) is 5.02 Å². The number of amides is 2. The first kappa shape index (κ1) is 18.4. The van der Waals surface area contributed by atoms with E-state index in [4.69, 9.17) is 26.8 Å². The van der Waals surface area contributed by atoms with E-state index in [9.17, 15) is 9.59 Å². The van der Waals surface area contributed by atoms with Gasteiger partial charge in [-0.15, -0.1) is 0 Å². The summed E-state index contributed by atoms with van der Waals surface area (Å²) in [5.74, 6) is -0.400. The Hall–Kier alpha value is -1.99. The van der Waals surface area contributed by atoms with E-state index in [0.717, 1.165) is 19.4 Å². The fourth-order valence-electron chi connectivity index (χ4n) is 2.67. The lowest BCUT2D eigenvalue weighted by Gasteiger charge is -2.28. The molecule has 0 radical (unpaired) electrons. The van der Waals surface area contributed by atoms with Crippen LogP contribution in [0.4, 0.5) is 0 Å². The third kappa shape index (κ3) is 4.75. The zero-order chi connectivity index (χ0) is 17.7. The second-order valence-corrected chi connectivity index (χ2v) is 6.20. The summed E-state index contributed by atoms with van der Waals surface area (Å²) in [6.45, 7) is 2.63. The molecule has 8 heteroatoms. The maximum absolute atomic E-state index is 12.5. The van der Waals surface area contributed by atoms with E-state index >= 15 is 0 Å². The van der Waals surface area contributed by atoms with E-state index in [0.29, 0.717) is 11.6 Å².